The zero-order valence-corrected chi connectivity index (χ0v) is 17.6. The second-order valence-electron chi connectivity index (χ2n) is 7.80. The van der Waals surface area contributed by atoms with E-state index in [0.29, 0.717) is 41.4 Å². The van der Waals surface area contributed by atoms with Crippen LogP contribution in [0.5, 0.6) is 11.5 Å². The van der Waals surface area contributed by atoms with Crippen LogP contribution in [-0.4, -0.2) is 33.7 Å². The number of hydrogen-bond donors (Lipinski definition) is 2. The fourth-order valence-electron chi connectivity index (χ4n) is 3.87. The van der Waals surface area contributed by atoms with E-state index in [1.54, 1.807) is 52.9 Å². The summed E-state index contributed by atoms with van der Waals surface area (Å²) in [6.07, 6.45) is 3.77. The van der Waals surface area contributed by atoms with Gasteiger partial charge in [0.15, 0.2) is 6.19 Å². The number of nitrogen functional groups attached to an aromatic ring is 1. The Labute approximate surface area is 184 Å². The molecule has 1 fully saturated rings. The van der Waals surface area contributed by atoms with Crippen molar-refractivity contribution in [3.05, 3.63) is 59.4 Å². The van der Waals surface area contributed by atoms with Gasteiger partial charge in [0.1, 0.15) is 34.4 Å². The van der Waals surface area contributed by atoms with Gasteiger partial charge in [-0.2, -0.15) is 10.4 Å². The number of aryl methyl sites for hydroxylation is 1. The Morgan fingerprint density at radius 2 is 1.97 bits per heavy atom. The first-order chi connectivity index (χ1) is 15.4. The van der Waals surface area contributed by atoms with Crippen molar-refractivity contribution in [3.8, 4) is 28.9 Å². The maximum absolute atomic E-state index is 13.8. The highest BCUT2D eigenvalue weighted by Gasteiger charge is 2.28. The Balaban J connectivity index is 1.63. The third-order valence-electron chi connectivity index (χ3n) is 5.58. The number of primary amides is 1. The third kappa shape index (κ3) is 4.07. The van der Waals surface area contributed by atoms with E-state index in [1.165, 1.54) is 6.07 Å². The first-order valence-electron chi connectivity index (χ1n) is 10.2. The summed E-state index contributed by atoms with van der Waals surface area (Å²) >= 11 is 0. The van der Waals surface area contributed by atoms with E-state index in [-0.39, 0.29) is 23.2 Å². The van der Waals surface area contributed by atoms with Crippen molar-refractivity contribution in [2.24, 2.45) is 5.73 Å². The monoisotopic (exact) mass is 434 g/mol. The molecule has 4 rings (SSSR count). The van der Waals surface area contributed by atoms with Crippen LogP contribution in [-0.2, 0) is 0 Å². The molecule has 1 saturated heterocycles. The fraction of sp³-hybridized carbons (Fsp3) is 0.261. The van der Waals surface area contributed by atoms with Crippen molar-refractivity contribution >= 4 is 11.7 Å². The van der Waals surface area contributed by atoms with Crippen LogP contribution in [0.15, 0.2) is 42.5 Å². The van der Waals surface area contributed by atoms with Gasteiger partial charge in [-0.3, -0.25) is 4.79 Å². The summed E-state index contributed by atoms with van der Waals surface area (Å²) in [7, 11) is 0. The van der Waals surface area contributed by atoms with Gasteiger partial charge in [0.2, 0.25) is 0 Å². The average Bonchev–Trinajstić information content (AvgIpc) is 3.14. The lowest BCUT2D eigenvalue weighted by molar-refractivity contribution is 0.100. The van der Waals surface area contributed by atoms with Gasteiger partial charge in [-0.25, -0.2) is 9.07 Å². The van der Waals surface area contributed by atoms with Crippen molar-refractivity contribution in [2.75, 3.05) is 18.8 Å². The lowest BCUT2D eigenvalue weighted by Gasteiger charge is -2.29. The minimum atomic E-state index is -0.674. The fourth-order valence-corrected chi connectivity index (χ4v) is 3.87. The summed E-state index contributed by atoms with van der Waals surface area (Å²) in [4.78, 5) is 13.8. The van der Waals surface area contributed by atoms with E-state index in [1.807, 2.05) is 0 Å². The van der Waals surface area contributed by atoms with Crippen LogP contribution in [0.3, 0.4) is 0 Å². The lowest BCUT2D eigenvalue weighted by Crippen LogP contribution is -2.34. The van der Waals surface area contributed by atoms with Crippen LogP contribution in [0.25, 0.3) is 11.3 Å². The maximum Gasteiger partial charge on any atom is 0.254 e. The number of ether oxygens (including phenoxy) is 1. The van der Waals surface area contributed by atoms with Crippen molar-refractivity contribution < 1.29 is 13.9 Å². The van der Waals surface area contributed by atoms with E-state index in [4.69, 9.17) is 16.2 Å². The normalized spacial score (nSPS) is 15.9. The molecule has 1 atom stereocenters. The first-order valence-corrected chi connectivity index (χ1v) is 10.2. The molecule has 2 aromatic carbocycles. The topological polar surface area (TPSA) is 123 Å². The standard InChI is InChI=1S/C23H23FN6O2/c1-14-4-7-18(11-19(14)24)32-17-8-5-15(6-9-17)21-20(23(27)31)22(26)30(28-21)16-3-2-10-29(12-16)13-25/h4-9,11,16H,2-3,10,12,26H2,1H3,(H2,27,31)/t16-/m0/s1. The van der Waals surface area contributed by atoms with Crippen LogP contribution in [0.1, 0.15) is 34.8 Å². The summed E-state index contributed by atoms with van der Waals surface area (Å²) in [5.74, 6) is 0.0531. The van der Waals surface area contributed by atoms with Gasteiger partial charge in [-0.1, -0.05) is 6.07 Å². The highest BCUT2D eigenvalue weighted by Crippen LogP contribution is 2.33. The van der Waals surface area contributed by atoms with E-state index < -0.39 is 5.91 Å². The molecule has 1 aromatic heterocycles. The molecule has 32 heavy (non-hydrogen) atoms. The average molecular weight is 434 g/mol. The molecule has 4 N–H and O–H groups in total. The highest BCUT2D eigenvalue weighted by atomic mass is 19.1. The molecule has 0 aliphatic carbocycles. The zero-order chi connectivity index (χ0) is 22.8. The van der Waals surface area contributed by atoms with Crippen LogP contribution in [0.2, 0.25) is 0 Å². The number of nitriles is 1. The molecular formula is C23H23FN6O2. The summed E-state index contributed by atoms with van der Waals surface area (Å²) < 4.78 is 21.1. The van der Waals surface area contributed by atoms with Gasteiger partial charge in [-0.05, 0) is 55.7 Å². The minimum absolute atomic E-state index is 0.130. The Morgan fingerprint density at radius 1 is 1.25 bits per heavy atom. The quantitative estimate of drug-likeness (QED) is 0.592. The number of piperidine rings is 1. The predicted molar refractivity (Wildman–Crippen MR) is 117 cm³/mol. The van der Waals surface area contributed by atoms with Crippen molar-refractivity contribution in [1.29, 1.82) is 5.26 Å². The van der Waals surface area contributed by atoms with Crippen LogP contribution in [0.4, 0.5) is 10.2 Å². The molecule has 0 saturated carbocycles. The number of carbonyl (C=O) groups is 1. The number of rotatable bonds is 5. The summed E-state index contributed by atoms with van der Waals surface area (Å²) in [6.45, 7) is 2.84. The molecule has 1 amide bonds. The lowest BCUT2D eigenvalue weighted by atomic mass is 10.1. The zero-order valence-electron chi connectivity index (χ0n) is 17.6. The number of carbonyl (C=O) groups excluding carboxylic acids is 1. The molecular weight excluding hydrogens is 411 g/mol. The van der Waals surface area contributed by atoms with Crippen LogP contribution < -0.4 is 16.2 Å². The number of nitrogens with two attached hydrogens (primary N) is 2. The van der Waals surface area contributed by atoms with E-state index in [0.717, 1.165) is 12.8 Å². The first kappa shape index (κ1) is 21.2. The number of hydrogen-bond acceptors (Lipinski definition) is 6. The molecule has 3 aromatic rings. The molecule has 1 aliphatic heterocycles. The largest absolute Gasteiger partial charge is 0.457 e. The molecule has 0 unspecified atom stereocenters. The van der Waals surface area contributed by atoms with Gasteiger partial charge in [-0.15, -0.1) is 0 Å². The third-order valence-corrected chi connectivity index (χ3v) is 5.58. The van der Waals surface area contributed by atoms with Gasteiger partial charge in [0.05, 0.1) is 12.6 Å². The minimum Gasteiger partial charge on any atom is -0.457 e. The number of amides is 1. The van der Waals surface area contributed by atoms with Crippen molar-refractivity contribution in [3.63, 3.8) is 0 Å². The molecule has 0 radical (unpaired) electrons. The number of likely N-dealkylation sites (tertiary alicyclic amines) is 1. The molecule has 8 nitrogen and oxygen atoms in total. The number of benzene rings is 2. The Kier molecular flexibility index (Phi) is 5.69. The number of anilines is 1. The van der Waals surface area contributed by atoms with Crippen molar-refractivity contribution in [1.82, 2.24) is 14.7 Å². The predicted octanol–water partition coefficient (Wildman–Crippen LogP) is 3.59. The number of nitrogens with zero attached hydrogens (tertiary/aromatic N) is 4. The Morgan fingerprint density at radius 3 is 2.62 bits per heavy atom. The second-order valence-corrected chi connectivity index (χ2v) is 7.80. The van der Waals surface area contributed by atoms with Crippen LogP contribution in [0, 0.1) is 24.2 Å². The van der Waals surface area contributed by atoms with Gasteiger partial charge >= 0.3 is 0 Å². The number of aromatic nitrogens is 2. The SMILES string of the molecule is Cc1ccc(Oc2ccc(-c3nn([C@H]4CCCN(C#N)C4)c(N)c3C(N)=O)cc2)cc1F. The molecule has 1 aliphatic rings. The van der Waals surface area contributed by atoms with Gasteiger partial charge < -0.3 is 21.1 Å². The smallest absolute Gasteiger partial charge is 0.254 e. The van der Waals surface area contributed by atoms with Gasteiger partial charge in [0.25, 0.3) is 5.91 Å². The second kappa shape index (κ2) is 8.59. The molecule has 9 heteroatoms. The summed E-state index contributed by atoms with van der Waals surface area (Å²) in [5.41, 5.74) is 13.6. The number of halogens is 1. The maximum atomic E-state index is 13.8. The Hall–Kier alpha value is -4.06. The summed E-state index contributed by atoms with van der Waals surface area (Å²) in [5, 5.41) is 13.8. The Bertz CT molecular complexity index is 1200. The molecule has 0 bridgehead atoms. The molecule has 0 spiro atoms. The highest BCUT2D eigenvalue weighted by molar-refractivity contribution is 6.03. The van der Waals surface area contributed by atoms with Gasteiger partial charge in [0, 0.05) is 18.2 Å². The summed E-state index contributed by atoms with van der Waals surface area (Å²) in [6, 6.07) is 11.4. The van der Waals surface area contributed by atoms with Crippen LogP contribution >= 0.6 is 0 Å². The van der Waals surface area contributed by atoms with E-state index >= 15 is 0 Å². The molecule has 164 valence electrons. The van der Waals surface area contributed by atoms with E-state index in [2.05, 4.69) is 11.3 Å². The molecule has 2 heterocycles. The van der Waals surface area contributed by atoms with Crippen molar-refractivity contribution in [2.45, 2.75) is 25.8 Å². The van der Waals surface area contributed by atoms with E-state index in [9.17, 15) is 14.4 Å².